The SMILES string of the molecule is CCc1sc(C(=O)Nc2ccccc2-c2nncn2C)cc1C. The summed E-state index contributed by atoms with van der Waals surface area (Å²) in [4.78, 5) is 14.5. The predicted octanol–water partition coefficient (Wildman–Crippen LogP) is 3.67. The molecule has 23 heavy (non-hydrogen) atoms. The van der Waals surface area contributed by atoms with E-state index >= 15 is 0 Å². The lowest BCUT2D eigenvalue weighted by atomic mass is 10.1. The van der Waals surface area contributed by atoms with Gasteiger partial charge in [0.1, 0.15) is 6.33 Å². The zero-order chi connectivity index (χ0) is 16.4. The Morgan fingerprint density at radius 3 is 2.78 bits per heavy atom. The number of carbonyl (C=O) groups is 1. The zero-order valence-electron chi connectivity index (χ0n) is 13.3. The van der Waals surface area contributed by atoms with Crippen LogP contribution in [0.2, 0.25) is 0 Å². The van der Waals surface area contributed by atoms with Crippen LogP contribution in [-0.2, 0) is 13.5 Å². The second-order valence-electron chi connectivity index (χ2n) is 5.34. The number of hydrogen-bond acceptors (Lipinski definition) is 4. The number of amides is 1. The number of rotatable bonds is 4. The second kappa shape index (κ2) is 6.34. The lowest BCUT2D eigenvalue weighted by molar-refractivity contribution is 0.103. The average molecular weight is 326 g/mol. The first-order valence-corrected chi connectivity index (χ1v) is 8.26. The van der Waals surface area contributed by atoms with Gasteiger partial charge < -0.3 is 9.88 Å². The van der Waals surface area contributed by atoms with Gasteiger partial charge >= 0.3 is 0 Å². The summed E-state index contributed by atoms with van der Waals surface area (Å²) in [6.45, 7) is 4.14. The summed E-state index contributed by atoms with van der Waals surface area (Å²) in [5, 5.41) is 11.0. The van der Waals surface area contributed by atoms with Crippen LogP contribution in [0.5, 0.6) is 0 Å². The molecule has 0 aliphatic heterocycles. The minimum Gasteiger partial charge on any atom is -0.321 e. The van der Waals surface area contributed by atoms with Crippen molar-refractivity contribution in [1.82, 2.24) is 14.8 Å². The maximum atomic E-state index is 12.6. The molecule has 5 nitrogen and oxygen atoms in total. The molecule has 1 amide bonds. The van der Waals surface area contributed by atoms with E-state index in [1.807, 2.05) is 48.9 Å². The van der Waals surface area contributed by atoms with Crippen molar-refractivity contribution in [3.63, 3.8) is 0 Å². The number of thiophene rings is 1. The molecule has 0 radical (unpaired) electrons. The van der Waals surface area contributed by atoms with Crippen molar-refractivity contribution in [2.24, 2.45) is 7.05 Å². The third-order valence-corrected chi connectivity index (χ3v) is 5.07. The Bertz CT molecular complexity index is 850. The van der Waals surface area contributed by atoms with Gasteiger partial charge in [0, 0.05) is 17.5 Å². The molecule has 1 aromatic carbocycles. The van der Waals surface area contributed by atoms with Gasteiger partial charge in [-0.2, -0.15) is 0 Å². The van der Waals surface area contributed by atoms with Crippen LogP contribution >= 0.6 is 11.3 Å². The highest BCUT2D eigenvalue weighted by Gasteiger charge is 2.15. The molecule has 2 aromatic heterocycles. The number of benzene rings is 1. The number of anilines is 1. The average Bonchev–Trinajstić information content (AvgIpc) is 3.13. The normalized spacial score (nSPS) is 10.7. The van der Waals surface area contributed by atoms with E-state index in [0.717, 1.165) is 28.4 Å². The summed E-state index contributed by atoms with van der Waals surface area (Å²) >= 11 is 1.55. The molecule has 0 bridgehead atoms. The van der Waals surface area contributed by atoms with Crippen molar-refractivity contribution >= 4 is 22.9 Å². The summed E-state index contributed by atoms with van der Waals surface area (Å²) in [5.41, 5.74) is 2.76. The fraction of sp³-hybridized carbons (Fsp3) is 0.235. The first kappa shape index (κ1) is 15.4. The van der Waals surface area contributed by atoms with Crippen molar-refractivity contribution in [1.29, 1.82) is 0 Å². The number of carbonyl (C=O) groups excluding carboxylic acids is 1. The highest BCUT2D eigenvalue weighted by Crippen LogP contribution is 2.28. The Labute approximate surface area is 139 Å². The second-order valence-corrected chi connectivity index (χ2v) is 6.47. The highest BCUT2D eigenvalue weighted by molar-refractivity contribution is 7.14. The molecule has 0 aliphatic rings. The van der Waals surface area contributed by atoms with Crippen LogP contribution in [0.4, 0.5) is 5.69 Å². The van der Waals surface area contributed by atoms with E-state index in [1.165, 1.54) is 10.4 Å². The summed E-state index contributed by atoms with van der Waals surface area (Å²) < 4.78 is 1.83. The lowest BCUT2D eigenvalue weighted by Gasteiger charge is -2.09. The van der Waals surface area contributed by atoms with E-state index in [1.54, 1.807) is 17.7 Å². The van der Waals surface area contributed by atoms with Gasteiger partial charge in [0.2, 0.25) is 0 Å². The van der Waals surface area contributed by atoms with E-state index in [0.29, 0.717) is 0 Å². The summed E-state index contributed by atoms with van der Waals surface area (Å²) in [6.07, 6.45) is 2.59. The van der Waals surface area contributed by atoms with E-state index in [9.17, 15) is 4.79 Å². The molecule has 2 heterocycles. The standard InChI is InChI=1S/C17H18N4OS/c1-4-14-11(2)9-15(23-14)17(22)19-13-8-6-5-7-12(13)16-20-18-10-21(16)3/h5-10H,4H2,1-3H3,(H,19,22). The van der Waals surface area contributed by atoms with Crippen molar-refractivity contribution < 1.29 is 4.79 Å². The molecule has 3 aromatic rings. The Balaban J connectivity index is 1.91. The van der Waals surface area contributed by atoms with Crippen molar-refractivity contribution in [2.45, 2.75) is 20.3 Å². The number of nitrogens with zero attached hydrogens (tertiary/aromatic N) is 3. The first-order chi connectivity index (χ1) is 11.1. The van der Waals surface area contributed by atoms with Gasteiger partial charge in [-0.1, -0.05) is 19.1 Å². The first-order valence-electron chi connectivity index (χ1n) is 7.44. The van der Waals surface area contributed by atoms with Crippen LogP contribution in [0.25, 0.3) is 11.4 Å². The van der Waals surface area contributed by atoms with Crippen LogP contribution in [0, 0.1) is 6.92 Å². The number of aryl methyl sites for hydroxylation is 3. The van der Waals surface area contributed by atoms with Crippen LogP contribution in [-0.4, -0.2) is 20.7 Å². The predicted molar refractivity (Wildman–Crippen MR) is 92.8 cm³/mol. The van der Waals surface area contributed by atoms with Crippen molar-refractivity contribution in [2.75, 3.05) is 5.32 Å². The maximum Gasteiger partial charge on any atom is 0.265 e. The van der Waals surface area contributed by atoms with Crippen LogP contribution in [0.1, 0.15) is 27.0 Å². The van der Waals surface area contributed by atoms with Gasteiger partial charge in [-0.15, -0.1) is 21.5 Å². The third kappa shape index (κ3) is 3.03. The summed E-state index contributed by atoms with van der Waals surface area (Å²) in [5.74, 6) is 0.630. The number of para-hydroxylation sites is 1. The Morgan fingerprint density at radius 1 is 1.35 bits per heavy atom. The fourth-order valence-electron chi connectivity index (χ4n) is 2.48. The summed E-state index contributed by atoms with van der Waals surface area (Å²) in [6, 6.07) is 9.57. The van der Waals surface area contributed by atoms with Gasteiger partial charge in [-0.3, -0.25) is 4.79 Å². The van der Waals surface area contributed by atoms with E-state index in [-0.39, 0.29) is 5.91 Å². The molecule has 0 atom stereocenters. The molecule has 0 saturated carbocycles. The molecule has 1 N–H and O–H groups in total. The molecule has 0 unspecified atom stereocenters. The molecule has 3 rings (SSSR count). The Kier molecular flexibility index (Phi) is 4.25. The number of aromatic nitrogens is 3. The molecular formula is C17H18N4OS. The van der Waals surface area contributed by atoms with Gasteiger partial charge in [-0.05, 0) is 37.1 Å². The van der Waals surface area contributed by atoms with Gasteiger partial charge in [0.15, 0.2) is 5.82 Å². The molecule has 0 saturated heterocycles. The molecule has 0 aliphatic carbocycles. The number of hydrogen-bond donors (Lipinski definition) is 1. The number of nitrogens with one attached hydrogen (secondary N) is 1. The molecule has 118 valence electrons. The van der Waals surface area contributed by atoms with Crippen LogP contribution in [0.15, 0.2) is 36.7 Å². The summed E-state index contributed by atoms with van der Waals surface area (Å²) in [7, 11) is 1.88. The van der Waals surface area contributed by atoms with Crippen LogP contribution in [0.3, 0.4) is 0 Å². The highest BCUT2D eigenvalue weighted by atomic mass is 32.1. The Hall–Kier alpha value is -2.47. The monoisotopic (exact) mass is 326 g/mol. The Morgan fingerprint density at radius 2 is 2.13 bits per heavy atom. The van der Waals surface area contributed by atoms with Gasteiger partial charge in [0.05, 0.1) is 10.6 Å². The van der Waals surface area contributed by atoms with E-state index < -0.39 is 0 Å². The van der Waals surface area contributed by atoms with Gasteiger partial charge in [0.25, 0.3) is 5.91 Å². The minimum atomic E-state index is -0.0904. The van der Waals surface area contributed by atoms with Crippen molar-refractivity contribution in [3.05, 3.63) is 52.0 Å². The minimum absolute atomic E-state index is 0.0904. The van der Waals surface area contributed by atoms with Crippen LogP contribution < -0.4 is 5.32 Å². The molecule has 0 fully saturated rings. The zero-order valence-corrected chi connectivity index (χ0v) is 14.1. The lowest BCUT2D eigenvalue weighted by Crippen LogP contribution is -2.11. The third-order valence-electron chi connectivity index (χ3n) is 3.69. The van der Waals surface area contributed by atoms with E-state index in [2.05, 4.69) is 22.4 Å². The molecule has 6 heteroatoms. The largest absolute Gasteiger partial charge is 0.321 e. The van der Waals surface area contributed by atoms with E-state index in [4.69, 9.17) is 0 Å². The topological polar surface area (TPSA) is 59.8 Å². The van der Waals surface area contributed by atoms with Gasteiger partial charge in [-0.25, -0.2) is 0 Å². The molecular weight excluding hydrogens is 308 g/mol. The fourth-order valence-corrected chi connectivity index (χ4v) is 3.49. The molecule has 0 spiro atoms. The smallest absolute Gasteiger partial charge is 0.265 e. The maximum absolute atomic E-state index is 12.6. The quantitative estimate of drug-likeness (QED) is 0.796. The van der Waals surface area contributed by atoms with Crippen molar-refractivity contribution in [3.8, 4) is 11.4 Å².